The van der Waals surface area contributed by atoms with Gasteiger partial charge in [-0.15, -0.1) is 0 Å². The van der Waals surface area contributed by atoms with Gasteiger partial charge < -0.3 is 11.1 Å². The largest absolute Gasteiger partial charge is 0.383 e. The number of nitrogens with one attached hydrogen (secondary N) is 2. The Morgan fingerprint density at radius 3 is 2.22 bits per heavy atom. The van der Waals surface area contributed by atoms with Crippen molar-refractivity contribution in [3.8, 4) is 11.1 Å². The molecule has 0 saturated carbocycles. The summed E-state index contributed by atoms with van der Waals surface area (Å²) in [4.78, 5) is 38.0. The molecular formula is C19H17FN4O3. The lowest BCUT2D eigenvalue weighted by atomic mass is 10.0. The van der Waals surface area contributed by atoms with E-state index in [1.165, 1.54) is 19.2 Å². The van der Waals surface area contributed by atoms with Crippen LogP contribution in [0.3, 0.4) is 0 Å². The smallest absolute Gasteiger partial charge is 0.329 e. The number of aromatic nitrogens is 2. The Hall–Kier alpha value is -3.68. The van der Waals surface area contributed by atoms with Gasteiger partial charge in [-0.3, -0.25) is 19.1 Å². The molecule has 3 aromatic rings. The van der Waals surface area contributed by atoms with Crippen LogP contribution in [0.5, 0.6) is 0 Å². The molecule has 0 unspecified atom stereocenters. The van der Waals surface area contributed by atoms with Crippen LogP contribution in [-0.2, 0) is 18.3 Å². The number of benzene rings is 2. The molecule has 1 heterocycles. The number of hydrogen-bond acceptors (Lipinski definition) is 4. The van der Waals surface area contributed by atoms with E-state index < -0.39 is 17.2 Å². The predicted molar refractivity (Wildman–Crippen MR) is 101 cm³/mol. The maximum atomic E-state index is 13.0. The van der Waals surface area contributed by atoms with E-state index in [1.807, 2.05) is 12.1 Å². The lowest BCUT2D eigenvalue weighted by molar-refractivity contribution is -0.115. The number of carbonyl (C=O) groups excluding carboxylic acids is 1. The van der Waals surface area contributed by atoms with Gasteiger partial charge in [-0.2, -0.15) is 0 Å². The van der Waals surface area contributed by atoms with Crippen LogP contribution in [0.25, 0.3) is 11.1 Å². The van der Waals surface area contributed by atoms with E-state index in [-0.39, 0.29) is 23.7 Å². The molecule has 8 heteroatoms. The Balaban J connectivity index is 1.74. The van der Waals surface area contributed by atoms with Crippen LogP contribution < -0.4 is 22.3 Å². The highest BCUT2D eigenvalue weighted by molar-refractivity contribution is 5.94. The molecule has 0 aliphatic heterocycles. The van der Waals surface area contributed by atoms with Crippen molar-refractivity contribution in [1.82, 2.24) is 9.55 Å². The van der Waals surface area contributed by atoms with E-state index in [4.69, 9.17) is 5.73 Å². The number of rotatable bonds is 4. The molecule has 0 saturated heterocycles. The zero-order valence-corrected chi connectivity index (χ0v) is 14.5. The molecule has 0 spiro atoms. The van der Waals surface area contributed by atoms with Gasteiger partial charge in [0.2, 0.25) is 5.91 Å². The van der Waals surface area contributed by atoms with Gasteiger partial charge in [-0.1, -0.05) is 36.4 Å². The minimum Gasteiger partial charge on any atom is -0.383 e. The van der Waals surface area contributed by atoms with Crippen molar-refractivity contribution in [2.24, 2.45) is 7.05 Å². The van der Waals surface area contributed by atoms with Crippen molar-refractivity contribution in [2.75, 3.05) is 11.1 Å². The summed E-state index contributed by atoms with van der Waals surface area (Å²) in [6.45, 7) is 0. The van der Waals surface area contributed by atoms with Crippen molar-refractivity contribution < 1.29 is 9.18 Å². The summed E-state index contributed by atoms with van der Waals surface area (Å²) in [6, 6.07) is 13.3. The number of halogens is 1. The van der Waals surface area contributed by atoms with E-state index >= 15 is 0 Å². The number of anilines is 2. The Kier molecular flexibility index (Phi) is 4.89. The Morgan fingerprint density at radius 1 is 1.07 bits per heavy atom. The minimum absolute atomic E-state index is 0.0193. The van der Waals surface area contributed by atoms with Crippen LogP contribution in [-0.4, -0.2) is 15.5 Å². The average Bonchev–Trinajstić information content (AvgIpc) is 2.65. The first-order chi connectivity index (χ1) is 12.8. The Bertz CT molecular complexity index is 1100. The second kappa shape index (κ2) is 7.28. The van der Waals surface area contributed by atoms with Gasteiger partial charge in [0.25, 0.3) is 5.56 Å². The zero-order valence-electron chi connectivity index (χ0n) is 14.5. The highest BCUT2D eigenvalue weighted by Gasteiger charge is 2.13. The van der Waals surface area contributed by atoms with E-state index in [9.17, 15) is 18.8 Å². The van der Waals surface area contributed by atoms with Crippen LogP contribution >= 0.6 is 0 Å². The molecule has 0 fully saturated rings. The summed E-state index contributed by atoms with van der Waals surface area (Å²) in [5.41, 5.74) is 6.58. The normalized spacial score (nSPS) is 10.6. The number of nitrogen functional groups attached to an aromatic ring is 1. The van der Waals surface area contributed by atoms with Crippen molar-refractivity contribution in [2.45, 2.75) is 6.42 Å². The van der Waals surface area contributed by atoms with Gasteiger partial charge >= 0.3 is 5.69 Å². The summed E-state index contributed by atoms with van der Waals surface area (Å²) in [6.07, 6.45) is 0.0193. The van der Waals surface area contributed by atoms with Gasteiger partial charge in [0, 0.05) is 7.05 Å². The topological polar surface area (TPSA) is 110 Å². The zero-order chi connectivity index (χ0) is 19.6. The maximum Gasteiger partial charge on any atom is 0.329 e. The molecule has 2 aromatic carbocycles. The van der Waals surface area contributed by atoms with E-state index in [1.54, 1.807) is 24.3 Å². The third kappa shape index (κ3) is 3.95. The SMILES string of the molecule is Cn1c(=O)[nH]c(N)c(NC(=O)Cc2ccc(-c3ccc(F)cc3)cc2)c1=O. The fraction of sp³-hybridized carbons (Fsp3) is 0.105. The molecule has 27 heavy (non-hydrogen) atoms. The number of nitrogens with two attached hydrogens (primary N) is 1. The molecule has 1 aromatic heterocycles. The molecule has 0 aliphatic carbocycles. The summed E-state index contributed by atoms with van der Waals surface area (Å²) in [5, 5.41) is 2.44. The predicted octanol–water partition coefficient (Wildman–Crippen LogP) is 1.64. The molecular weight excluding hydrogens is 351 g/mol. The molecule has 138 valence electrons. The van der Waals surface area contributed by atoms with Crippen molar-refractivity contribution >= 4 is 17.4 Å². The first-order valence-electron chi connectivity index (χ1n) is 8.08. The van der Waals surface area contributed by atoms with E-state index in [0.29, 0.717) is 0 Å². The summed E-state index contributed by atoms with van der Waals surface area (Å²) < 4.78 is 13.8. The van der Waals surface area contributed by atoms with Gasteiger partial charge in [-0.05, 0) is 28.8 Å². The van der Waals surface area contributed by atoms with Crippen molar-refractivity contribution in [3.63, 3.8) is 0 Å². The van der Waals surface area contributed by atoms with Crippen molar-refractivity contribution in [1.29, 1.82) is 0 Å². The Morgan fingerprint density at radius 2 is 1.63 bits per heavy atom. The summed E-state index contributed by atoms with van der Waals surface area (Å²) in [7, 11) is 1.28. The molecule has 0 aliphatic rings. The number of hydrogen-bond donors (Lipinski definition) is 3. The molecule has 7 nitrogen and oxygen atoms in total. The van der Waals surface area contributed by atoms with Gasteiger partial charge in [0.15, 0.2) is 0 Å². The Labute approximate surface area is 153 Å². The van der Waals surface area contributed by atoms with Crippen LogP contribution in [0, 0.1) is 5.82 Å². The second-order valence-corrected chi connectivity index (χ2v) is 6.01. The van der Waals surface area contributed by atoms with Gasteiger partial charge in [0.1, 0.15) is 17.3 Å². The highest BCUT2D eigenvalue weighted by atomic mass is 19.1. The first-order valence-corrected chi connectivity index (χ1v) is 8.08. The summed E-state index contributed by atoms with van der Waals surface area (Å²) >= 11 is 0. The molecule has 1 amide bonds. The first kappa shape index (κ1) is 18.1. The van der Waals surface area contributed by atoms with Gasteiger partial charge in [0.05, 0.1) is 6.42 Å². The number of aromatic amines is 1. The quantitative estimate of drug-likeness (QED) is 0.650. The monoisotopic (exact) mass is 368 g/mol. The standard InChI is InChI=1S/C19H17FN4O3/c1-24-18(26)16(17(21)23-19(24)27)22-15(25)10-11-2-4-12(5-3-11)13-6-8-14(20)9-7-13/h2-9H,10,21H2,1H3,(H,22,25)(H,23,27). The van der Waals surface area contributed by atoms with Crippen molar-refractivity contribution in [3.05, 3.63) is 80.7 Å². The van der Waals surface area contributed by atoms with Crippen LogP contribution in [0.4, 0.5) is 15.9 Å². The highest BCUT2D eigenvalue weighted by Crippen LogP contribution is 2.20. The second-order valence-electron chi connectivity index (χ2n) is 6.01. The fourth-order valence-electron chi connectivity index (χ4n) is 2.58. The molecule has 3 rings (SSSR count). The number of H-pyrrole nitrogens is 1. The number of carbonyl (C=O) groups is 1. The fourth-order valence-corrected chi connectivity index (χ4v) is 2.58. The summed E-state index contributed by atoms with van der Waals surface area (Å²) in [5.74, 6) is -0.941. The maximum absolute atomic E-state index is 13.0. The van der Waals surface area contributed by atoms with Crippen LogP contribution in [0.1, 0.15) is 5.56 Å². The van der Waals surface area contributed by atoms with E-state index in [0.717, 1.165) is 21.3 Å². The van der Waals surface area contributed by atoms with Gasteiger partial charge in [-0.25, -0.2) is 9.18 Å². The average molecular weight is 368 g/mol. The van der Waals surface area contributed by atoms with Crippen LogP contribution in [0.15, 0.2) is 58.1 Å². The molecule has 4 N–H and O–H groups in total. The van der Waals surface area contributed by atoms with Crippen LogP contribution in [0.2, 0.25) is 0 Å². The third-order valence-corrected chi connectivity index (χ3v) is 4.09. The number of nitrogens with zero attached hydrogens (tertiary/aromatic N) is 1. The minimum atomic E-state index is -0.684. The van der Waals surface area contributed by atoms with E-state index in [2.05, 4.69) is 10.3 Å². The molecule has 0 radical (unpaired) electrons. The lowest BCUT2D eigenvalue weighted by Crippen LogP contribution is -2.36. The molecule has 0 atom stereocenters. The molecule has 0 bridgehead atoms. The number of amides is 1. The third-order valence-electron chi connectivity index (χ3n) is 4.09. The lowest BCUT2D eigenvalue weighted by Gasteiger charge is -2.09.